The maximum absolute atomic E-state index is 11.9. The second kappa shape index (κ2) is 10.8. The summed E-state index contributed by atoms with van der Waals surface area (Å²) in [6, 6.07) is 5.49. The van der Waals surface area contributed by atoms with Gasteiger partial charge in [-0.1, -0.05) is 18.9 Å². The Bertz CT molecular complexity index is 617. The van der Waals surface area contributed by atoms with Gasteiger partial charge < -0.3 is 20.4 Å². The van der Waals surface area contributed by atoms with Crippen molar-refractivity contribution in [2.45, 2.75) is 57.0 Å². The molecule has 2 aliphatic rings. The molecule has 156 valence electrons. The quantitative estimate of drug-likeness (QED) is 0.540. The third kappa shape index (κ3) is 6.48. The average Bonchev–Trinajstić information content (AvgIpc) is 3.40. The van der Waals surface area contributed by atoms with E-state index in [-0.39, 0.29) is 12.5 Å². The first-order valence-electron chi connectivity index (χ1n) is 10.6. The molecular weight excluding hydrogens is 370 g/mol. The molecule has 1 amide bonds. The van der Waals surface area contributed by atoms with Gasteiger partial charge in [-0.2, -0.15) is 0 Å². The second-order valence-electron chi connectivity index (χ2n) is 8.10. The molecule has 28 heavy (non-hydrogen) atoms. The van der Waals surface area contributed by atoms with Crippen molar-refractivity contribution in [3.63, 3.8) is 0 Å². The minimum absolute atomic E-state index is 0.0235. The van der Waals surface area contributed by atoms with Crippen molar-refractivity contribution in [1.29, 1.82) is 0 Å². The summed E-state index contributed by atoms with van der Waals surface area (Å²) in [5, 5.41) is 9.12. The Labute approximate surface area is 173 Å². The molecule has 0 atom stereocenters. The van der Waals surface area contributed by atoms with E-state index in [1.54, 1.807) is 30.3 Å². The van der Waals surface area contributed by atoms with Gasteiger partial charge in [-0.15, -0.1) is 11.3 Å². The van der Waals surface area contributed by atoms with Crippen LogP contribution in [0.5, 0.6) is 0 Å². The highest BCUT2D eigenvalue weighted by atomic mass is 32.1. The van der Waals surface area contributed by atoms with Gasteiger partial charge in [-0.3, -0.25) is 4.79 Å². The molecule has 0 spiro atoms. The summed E-state index contributed by atoms with van der Waals surface area (Å²) in [5.74, 6) is 0.793. The van der Waals surface area contributed by atoms with E-state index in [2.05, 4.69) is 38.0 Å². The molecule has 1 aromatic heterocycles. The van der Waals surface area contributed by atoms with Gasteiger partial charge in [0.1, 0.15) is 6.54 Å². The van der Waals surface area contributed by atoms with Crippen LogP contribution in [0.2, 0.25) is 0 Å². The predicted molar refractivity (Wildman–Crippen MR) is 117 cm³/mol. The molecule has 3 rings (SSSR count). The molecular formula is C21H35N5OS. The monoisotopic (exact) mass is 405 g/mol. The van der Waals surface area contributed by atoms with E-state index >= 15 is 0 Å². The fourth-order valence-electron chi connectivity index (χ4n) is 4.07. The zero-order valence-corrected chi connectivity index (χ0v) is 18.1. The molecule has 0 radical (unpaired) electrons. The average molecular weight is 406 g/mol. The van der Waals surface area contributed by atoms with Crippen molar-refractivity contribution in [2.75, 3.05) is 40.3 Å². The summed E-state index contributed by atoms with van der Waals surface area (Å²) >= 11 is 1.78. The number of piperidine rings is 1. The molecule has 6 nitrogen and oxygen atoms in total. The Kier molecular flexibility index (Phi) is 8.15. The number of likely N-dealkylation sites (tertiary alicyclic amines) is 1. The van der Waals surface area contributed by atoms with Crippen LogP contribution in [0.1, 0.15) is 43.4 Å². The van der Waals surface area contributed by atoms with E-state index in [1.807, 2.05) is 0 Å². The molecule has 7 heteroatoms. The largest absolute Gasteiger partial charge is 0.356 e. The lowest BCUT2D eigenvalue weighted by molar-refractivity contribution is -0.127. The topological polar surface area (TPSA) is 60.0 Å². The van der Waals surface area contributed by atoms with Crippen LogP contribution in [0, 0.1) is 0 Å². The van der Waals surface area contributed by atoms with Gasteiger partial charge in [0, 0.05) is 50.7 Å². The van der Waals surface area contributed by atoms with Gasteiger partial charge in [-0.05, 0) is 43.6 Å². The zero-order chi connectivity index (χ0) is 19.8. The lowest BCUT2D eigenvalue weighted by atomic mass is 10.0. The minimum Gasteiger partial charge on any atom is -0.356 e. The molecule has 0 aromatic carbocycles. The summed E-state index contributed by atoms with van der Waals surface area (Å²) in [5.41, 5.74) is 0. The molecule has 1 saturated heterocycles. The lowest BCUT2D eigenvalue weighted by Gasteiger charge is -2.36. The first-order valence-corrected chi connectivity index (χ1v) is 11.5. The highest BCUT2D eigenvalue weighted by molar-refractivity contribution is 7.09. The molecule has 1 aromatic rings. The van der Waals surface area contributed by atoms with Crippen LogP contribution >= 0.6 is 11.3 Å². The highest BCUT2D eigenvalue weighted by Crippen LogP contribution is 2.26. The van der Waals surface area contributed by atoms with Crippen LogP contribution in [-0.2, 0) is 11.2 Å². The van der Waals surface area contributed by atoms with Crippen molar-refractivity contribution in [3.05, 3.63) is 22.4 Å². The van der Waals surface area contributed by atoms with Crippen molar-refractivity contribution >= 4 is 23.2 Å². The Morgan fingerprint density at radius 3 is 2.64 bits per heavy atom. The SMILES string of the molecule is CN(C)C(=O)CN=C(NCCc1cccs1)NC1CCN(C2CCCC2)CC1. The Morgan fingerprint density at radius 2 is 2.00 bits per heavy atom. The number of nitrogens with one attached hydrogen (secondary N) is 2. The number of aliphatic imine (C=N–C) groups is 1. The van der Waals surface area contributed by atoms with Crippen LogP contribution in [0.15, 0.2) is 22.5 Å². The molecule has 0 bridgehead atoms. The maximum atomic E-state index is 11.9. The van der Waals surface area contributed by atoms with Crippen molar-refractivity contribution in [3.8, 4) is 0 Å². The molecule has 1 saturated carbocycles. The minimum atomic E-state index is 0.0235. The van der Waals surface area contributed by atoms with Crippen LogP contribution < -0.4 is 10.6 Å². The number of guanidine groups is 1. The first-order chi connectivity index (χ1) is 13.6. The smallest absolute Gasteiger partial charge is 0.243 e. The molecule has 2 N–H and O–H groups in total. The van der Waals surface area contributed by atoms with Gasteiger partial charge in [0.2, 0.25) is 5.91 Å². The van der Waals surface area contributed by atoms with E-state index in [0.29, 0.717) is 6.04 Å². The molecule has 1 aliphatic heterocycles. The molecule has 2 heterocycles. The lowest BCUT2D eigenvalue weighted by Crippen LogP contribution is -2.50. The number of likely N-dealkylation sites (N-methyl/N-ethyl adjacent to an activating group) is 1. The standard InChI is InChI=1S/C21H35N5OS/c1-25(2)20(27)16-23-21(22-12-9-19-8-5-15-28-19)24-17-10-13-26(14-11-17)18-6-3-4-7-18/h5,8,15,17-18H,3-4,6-7,9-14,16H2,1-2H3,(H2,22,23,24). The number of thiophene rings is 1. The van der Waals surface area contributed by atoms with Crippen LogP contribution in [0.4, 0.5) is 0 Å². The number of nitrogens with zero attached hydrogens (tertiary/aromatic N) is 3. The third-order valence-electron chi connectivity index (χ3n) is 5.83. The summed E-state index contributed by atoms with van der Waals surface area (Å²) in [4.78, 5) is 22.1. The number of carbonyl (C=O) groups excluding carboxylic acids is 1. The number of amides is 1. The number of carbonyl (C=O) groups is 1. The van der Waals surface area contributed by atoms with Crippen molar-refractivity contribution in [1.82, 2.24) is 20.4 Å². The Hall–Kier alpha value is -1.60. The number of rotatable bonds is 7. The van der Waals surface area contributed by atoms with Crippen LogP contribution in [0.3, 0.4) is 0 Å². The van der Waals surface area contributed by atoms with Crippen LogP contribution in [0.25, 0.3) is 0 Å². The predicted octanol–water partition coefficient (Wildman–Crippen LogP) is 2.32. The number of hydrogen-bond acceptors (Lipinski definition) is 4. The molecule has 1 aliphatic carbocycles. The fraction of sp³-hybridized carbons (Fsp3) is 0.714. The van der Waals surface area contributed by atoms with Crippen molar-refractivity contribution < 1.29 is 4.79 Å². The van der Waals surface area contributed by atoms with E-state index in [4.69, 9.17) is 0 Å². The zero-order valence-electron chi connectivity index (χ0n) is 17.3. The summed E-state index contributed by atoms with van der Waals surface area (Å²) in [7, 11) is 3.54. The van der Waals surface area contributed by atoms with E-state index in [1.165, 1.54) is 43.6 Å². The van der Waals surface area contributed by atoms with E-state index < -0.39 is 0 Å². The van der Waals surface area contributed by atoms with Gasteiger partial charge in [-0.25, -0.2) is 4.99 Å². The summed E-state index contributed by atoms with van der Waals surface area (Å²) in [6.45, 7) is 3.34. The summed E-state index contributed by atoms with van der Waals surface area (Å²) < 4.78 is 0. The van der Waals surface area contributed by atoms with E-state index in [0.717, 1.165) is 37.8 Å². The second-order valence-corrected chi connectivity index (χ2v) is 9.13. The Morgan fingerprint density at radius 1 is 1.25 bits per heavy atom. The first kappa shape index (κ1) is 21.1. The maximum Gasteiger partial charge on any atom is 0.243 e. The fourth-order valence-corrected chi connectivity index (χ4v) is 4.78. The van der Waals surface area contributed by atoms with Gasteiger partial charge in [0.05, 0.1) is 0 Å². The van der Waals surface area contributed by atoms with Gasteiger partial charge >= 0.3 is 0 Å². The summed E-state index contributed by atoms with van der Waals surface area (Å²) in [6.07, 6.45) is 8.80. The number of hydrogen-bond donors (Lipinski definition) is 2. The van der Waals surface area contributed by atoms with Gasteiger partial charge in [0.15, 0.2) is 5.96 Å². The van der Waals surface area contributed by atoms with E-state index in [9.17, 15) is 4.79 Å². The van der Waals surface area contributed by atoms with Crippen molar-refractivity contribution in [2.24, 2.45) is 4.99 Å². The Balaban J connectivity index is 1.49. The van der Waals surface area contributed by atoms with Crippen LogP contribution in [-0.4, -0.2) is 74.0 Å². The normalized spacial score (nSPS) is 19.7. The third-order valence-corrected chi connectivity index (χ3v) is 6.76. The highest BCUT2D eigenvalue weighted by Gasteiger charge is 2.27. The van der Waals surface area contributed by atoms with Gasteiger partial charge in [0.25, 0.3) is 0 Å². The molecule has 2 fully saturated rings. The molecule has 0 unspecified atom stereocenters.